The maximum Gasteiger partial charge on any atom is 0.337 e. The molecule has 3 nitrogen and oxygen atoms in total. The molecule has 0 aliphatic carbocycles. The van der Waals surface area contributed by atoms with Crippen molar-refractivity contribution in [1.82, 2.24) is 0 Å². The minimum Gasteiger partial charge on any atom is -0.479 e. The Kier molecular flexibility index (Phi) is 1.21. The Balaban J connectivity index is 2.53. The first-order valence-electron chi connectivity index (χ1n) is 2.19. The highest BCUT2D eigenvalue weighted by atomic mass is 32.2. The fourth-order valence-electron chi connectivity index (χ4n) is 0.419. The normalized spacial score (nSPS) is 24.1. The highest BCUT2D eigenvalue weighted by molar-refractivity contribution is 8.01. The Labute approximate surface area is 50.7 Å². The lowest BCUT2D eigenvalue weighted by atomic mass is 10.1. The first-order valence-corrected chi connectivity index (χ1v) is 3.34. The van der Waals surface area contributed by atoms with Crippen molar-refractivity contribution in [3.63, 3.8) is 0 Å². The van der Waals surface area contributed by atoms with E-state index >= 15 is 0 Å². The Morgan fingerprint density at radius 3 is 2.12 bits per heavy atom. The molecular weight excluding hydrogens is 128 g/mol. The van der Waals surface area contributed by atoms with E-state index in [4.69, 9.17) is 10.2 Å². The molecular formula is C4H6O3S. The standard InChI is InChI=1S/C4H6O3S/c5-3(6)4(7)1-8-2-4/h7H,1-2H2,(H,5,6). The fraction of sp³-hybridized carbons (Fsp3) is 0.750. The molecule has 0 bridgehead atoms. The van der Waals surface area contributed by atoms with Crippen LogP contribution >= 0.6 is 11.8 Å². The van der Waals surface area contributed by atoms with E-state index in [-0.39, 0.29) is 0 Å². The van der Waals surface area contributed by atoms with Crippen LogP contribution in [-0.4, -0.2) is 33.3 Å². The summed E-state index contributed by atoms with van der Waals surface area (Å²) in [6, 6.07) is 0. The van der Waals surface area contributed by atoms with Crippen LogP contribution in [0.2, 0.25) is 0 Å². The first-order chi connectivity index (χ1) is 3.65. The van der Waals surface area contributed by atoms with Crippen LogP contribution in [0.5, 0.6) is 0 Å². The van der Waals surface area contributed by atoms with Crippen LogP contribution in [0, 0.1) is 0 Å². The maximum atomic E-state index is 10.0. The topological polar surface area (TPSA) is 57.5 Å². The molecule has 0 aromatic heterocycles. The smallest absolute Gasteiger partial charge is 0.337 e. The van der Waals surface area contributed by atoms with Gasteiger partial charge in [0.05, 0.1) is 0 Å². The van der Waals surface area contributed by atoms with Gasteiger partial charge in [0.1, 0.15) is 0 Å². The quantitative estimate of drug-likeness (QED) is 0.510. The van der Waals surface area contributed by atoms with Gasteiger partial charge in [-0.05, 0) is 0 Å². The SMILES string of the molecule is O=C(O)C1(O)CSC1. The number of carboxylic acid groups (broad SMARTS) is 1. The third-order valence-electron chi connectivity index (χ3n) is 1.08. The van der Waals surface area contributed by atoms with Gasteiger partial charge in [0.2, 0.25) is 0 Å². The Morgan fingerprint density at radius 2 is 2.12 bits per heavy atom. The van der Waals surface area contributed by atoms with Crippen molar-refractivity contribution in [3.05, 3.63) is 0 Å². The van der Waals surface area contributed by atoms with E-state index in [0.29, 0.717) is 11.5 Å². The van der Waals surface area contributed by atoms with Gasteiger partial charge in [-0.25, -0.2) is 4.79 Å². The molecule has 4 heteroatoms. The number of aliphatic hydroxyl groups is 1. The summed E-state index contributed by atoms with van der Waals surface area (Å²) in [5, 5.41) is 17.1. The molecule has 0 saturated carbocycles. The molecule has 0 atom stereocenters. The second-order valence-corrected chi connectivity index (χ2v) is 2.82. The van der Waals surface area contributed by atoms with Gasteiger partial charge in [0, 0.05) is 11.5 Å². The van der Waals surface area contributed by atoms with Gasteiger partial charge < -0.3 is 10.2 Å². The minimum absolute atomic E-state index is 0.336. The Bertz CT molecular complexity index is 118. The van der Waals surface area contributed by atoms with E-state index in [0.717, 1.165) is 0 Å². The zero-order valence-corrected chi connectivity index (χ0v) is 4.94. The highest BCUT2D eigenvalue weighted by Gasteiger charge is 2.42. The van der Waals surface area contributed by atoms with E-state index in [1.54, 1.807) is 0 Å². The first kappa shape index (κ1) is 5.91. The summed E-state index contributed by atoms with van der Waals surface area (Å²) in [5.41, 5.74) is -1.40. The molecule has 8 heavy (non-hydrogen) atoms. The second kappa shape index (κ2) is 1.63. The highest BCUT2D eigenvalue weighted by Crippen LogP contribution is 2.28. The summed E-state index contributed by atoms with van der Waals surface area (Å²) in [6.07, 6.45) is 0. The largest absolute Gasteiger partial charge is 0.479 e. The third-order valence-corrected chi connectivity index (χ3v) is 2.44. The summed E-state index contributed by atoms with van der Waals surface area (Å²) in [4.78, 5) is 10.0. The van der Waals surface area contributed by atoms with Crippen LogP contribution in [0.25, 0.3) is 0 Å². The van der Waals surface area contributed by atoms with Crippen LogP contribution < -0.4 is 0 Å². The van der Waals surface area contributed by atoms with E-state index in [9.17, 15) is 4.79 Å². The lowest BCUT2D eigenvalue weighted by Crippen LogP contribution is -2.50. The van der Waals surface area contributed by atoms with Gasteiger partial charge in [0.15, 0.2) is 5.60 Å². The minimum atomic E-state index is -1.40. The molecule has 0 aromatic carbocycles. The molecule has 0 amide bonds. The van der Waals surface area contributed by atoms with E-state index in [2.05, 4.69) is 0 Å². The van der Waals surface area contributed by atoms with Crippen molar-refractivity contribution in [2.75, 3.05) is 11.5 Å². The molecule has 2 N–H and O–H groups in total. The van der Waals surface area contributed by atoms with Crippen molar-refractivity contribution < 1.29 is 15.0 Å². The molecule has 46 valence electrons. The monoisotopic (exact) mass is 134 g/mol. The number of aliphatic carboxylic acids is 1. The van der Waals surface area contributed by atoms with Gasteiger partial charge in [-0.3, -0.25) is 0 Å². The molecule has 1 aliphatic rings. The van der Waals surface area contributed by atoms with Crippen molar-refractivity contribution >= 4 is 17.7 Å². The summed E-state index contributed by atoms with van der Waals surface area (Å²) >= 11 is 1.44. The van der Waals surface area contributed by atoms with Crippen LogP contribution in [0.4, 0.5) is 0 Å². The predicted molar refractivity (Wildman–Crippen MR) is 29.9 cm³/mol. The molecule has 0 radical (unpaired) electrons. The Hall–Kier alpha value is -0.220. The number of rotatable bonds is 1. The summed E-state index contributed by atoms with van der Waals surface area (Å²) < 4.78 is 0. The average molecular weight is 134 g/mol. The van der Waals surface area contributed by atoms with Crippen LogP contribution in [-0.2, 0) is 4.79 Å². The van der Waals surface area contributed by atoms with Gasteiger partial charge in [-0.2, -0.15) is 11.8 Å². The molecule has 0 aromatic rings. The lowest BCUT2D eigenvalue weighted by molar-refractivity contribution is -0.154. The van der Waals surface area contributed by atoms with Gasteiger partial charge in [-0.15, -0.1) is 0 Å². The second-order valence-electron chi connectivity index (χ2n) is 1.83. The van der Waals surface area contributed by atoms with Crippen molar-refractivity contribution in [3.8, 4) is 0 Å². The molecule has 1 aliphatic heterocycles. The van der Waals surface area contributed by atoms with Crippen molar-refractivity contribution in [2.24, 2.45) is 0 Å². The van der Waals surface area contributed by atoms with Crippen LogP contribution in [0.15, 0.2) is 0 Å². The molecule has 1 rings (SSSR count). The lowest BCUT2D eigenvalue weighted by Gasteiger charge is -2.30. The van der Waals surface area contributed by atoms with Gasteiger partial charge >= 0.3 is 5.97 Å². The third kappa shape index (κ3) is 0.695. The number of carboxylic acids is 1. The van der Waals surface area contributed by atoms with Crippen LogP contribution in [0.3, 0.4) is 0 Å². The predicted octanol–water partition coefficient (Wildman–Crippen LogP) is -0.451. The van der Waals surface area contributed by atoms with Crippen molar-refractivity contribution in [1.29, 1.82) is 0 Å². The number of hydrogen-bond donors (Lipinski definition) is 2. The molecule has 0 unspecified atom stereocenters. The van der Waals surface area contributed by atoms with Crippen LogP contribution in [0.1, 0.15) is 0 Å². The molecule has 1 fully saturated rings. The van der Waals surface area contributed by atoms with Gasteiger partial charge in [-0.1, -0.05) is 0 Å². The zero-order chi connectivity index (χ0) is 6.20. The maximum absolute atomic E-state index is 10.0. The molecule has 1 heterocycles. The number of hydrogen-bond acceptors (Lipinski definition) is 3. The van der Waals surface area contributed by atoms with E-state index in [1.165, 1.54) is 11.8 Å². The fourth-order valence-corrected chi connectivity index (χ4v) is 1.26. The number of carbonyl (C=O) groups is 1. The van der Waals surface area contributed by atoms with E-state index < -0.39 is 11.6 Å². The number of thioether (sulfide) groups is 1. The summed E-state index contributed by atoms with van der Waals surface area (Å²) in [6.45, 7) is 0. The Morgan fingerprint density at radius 1 is 1.62 bits per heavy atom. The zero-order valence-electron chi connectivity index (χ0n) is 4.13. The average Bonchev–Trinajstić information content (AvgIpc) is 1.60. The molecule has 0 spiro atoms. The molecule has 1 saturated heterocycles. The van der Waals surface area contributed by atoms with Gasteiger partial charge in [0.25, 0.3) is 0 Å². The summed E-state index contributed by atoms with van der Waals surface area (Å²) in [7, 11) is 0. The van der Waals surface area contributed by atoms with Crippen molar-refractivity contribution in [2.45, 2.75) is 5.60 Å². The van der Waals surface area contributed by atoms with E-state index in [1.807, 2.05) is 0 Å². The summed E-state index contributed by atoms with van der Waals surface area (Å²) in [5.74, 6) is -0.429.